The van der Waals surface area contributed by atoms with Crippen molar-refractivity contribution in [1.82, 2.24) is 0 Å². The van der Waals surface area contributed by atoms with Crippen molar-refractivity contribution in [2.45, 2.75) is 27.2 Å². The summed E-state index contributed by atoms with van der Waals surface area (Å²) in [6.45, 7) is 27.2. The van der Waals surface area contributed by atoms with E-state index < -0.39 is 0 Å². The lowest BCUT2D eigenvalue weighted by Crippen LogP contribution is -1.99. The van der Waals surface area contributed by atoms with E-state index in [1.165, 1.54) is 27.5 Å². The van der Waals surface area contributed by atoms with Crippen LogP contribution in [0.15, 0.2) is 118 Å². The number of rotatable bonds is 11. The summed E-state index contributed by atoms with van der Waals surface area (Å²) in [6, 6.07) is 21.9. The summed E-state index contributed by atoms with van der Waals surface area (Å²) in [5.74, 6) is 0.445. The van der Waals surface area contributed by atoms with Crippen LogP contribution < -0.4 is 0 Å². The SMILES string of the molecule is C=C/C=C\C=C(\c1ccc(-c2c(C=C)c(C=C)c(-c3ccc(C)c(C=C)c3C=C)c3ccccc23)cc1)[C@H](C)CC. The number of allylic oxidation sites excluding steroid dienone is 5. The Bertz CT molecular complexity index is 1700. The average Bonchev–Trinajstić information content (AvgIpc) is 3.01. The molecule has 1 atom stereocenters. The molecule has 0 saturated carbocycles. The van der Waals surface area contributed by atoms with E-state index in [0.29, 0.717) is 5.92 Å². The van der Waals surface area contributed by atoms with Crippen molar-refractivity contribution in [2.75, 3.05) is 0 Å². The van der Waals surface area contributed by atoms with Gasteiger partial charge in [-0.1, -0.05) is 156 Å². The van der Waals surface area contributed by atoms with Crippen LogP contribution in [0.3, 0.4) is 0 Å². The van der Waals surface area contributed by atoms with E-state index in [1.807, 2.05) is 36.5 Å². The van der Waals surface area contributed by atoms with Gasteiger partial charge in [0.25, 0.3) is 0 Å². The molecule has 41 heavy (non-hydrogen) atoms. The highest BCUT2D eigenvalue weighted by Crippen LogP contribution is 2.45. The second kappa shape index (κ2) is 13.1. The molecule has 0 saturated heterocycles. The normalized spacial score (nSPS) is 12.3. The monoisotopic (exact) mass is 532 g/mol. The lowest BCUT2D eigenvalue weighted by Gasteiger charge is -2.22. The molecule has 0 aliphatic carbocycles. The Hall–Kier alpha value is -4.68. The summed E-state index contributed by atoms with van der Waals surface area (Å²) in [5, 5.41) is 2.35. The van der Waals surface area contributed by atoms with E-state index in [0.717, 1.165) is 50.9 Å². The van der Waals surface area contributed by atoms with Gasteiger partial charge in [0.1, 0.15) is 0 Å². The summed E-state index contributed by atoms with van der Waals surface area (Å²) in [4.78, 5) is 0. The third-order valence-electron chi connectivity index (χ3n) is 8.06. The van der Waals surface area contributed by atoms with Crippen LogP contribution in [0.4, 0.5) is 0 Å². The predicted molar refractivity (Wildman–Crippen MR) is 187 cm³/mol. The quantitative estimate of drug-likeness (QED) is 0.169. The Labute approximate surface area is 246 Å². The molecule has 204 valence electrons. The standard InChI is InChI=1S/C41H40/c1-9-15-16-19-36(28(7)10-2)30-23-25-31(26-24-30)40-34(13-5)35(14-6)41(38-21-18-17-20-37(38)40)39-27-22-29(8)32(11-3)33(39)12-4/h9,11-28H,1,3-6,10H2,2,7-8H3/b16-15-,36-19+/t28-/m1/s1. The highest BCUT2D eigenvalue weighted by atomic mass is 14.2. The molecule has 0 radical (unpaired) electrons. The van der Waals surface area contributed by atoms with Gasteiger partial charge in [0.15, 0.2) is 0 Å². The first-order valence-electron chi connectivity index (χ1n) is 14.3. The minimum absolute atomic E-state index is 0.445. The largest absolute Gasteiger partial charge is 0.0991 e. The first-order valence-corrected chi connectivity index (χ1v) is 14.3. The molecular formula is C41H40. The zero-order valence-corrected chi connectivity index (χ0v) is 24.7. The Morgan fingerprint density at radius 2 is 1.27 bits per heavy atom. The zero-order chi connectivity index (χ0) is 29.5. The first-order chi connectivity index (χ1) is 19.9. The number of aryl methyl sites for hydroxylation is 1. The van der Waals surface area contributed by atoms with Gasteiger partial charge in [-0.15, -0.1) is 0 Å². The molecule has 0 aliphatic rings. The van der Waals surface area contributed by atoms with Gasteiger partial charge in [-0.05, 0) is 91.2 Å². The van der Waals surface area contributed by atoms with E-state index >= 15 is 0 Å². The average molecular weight is 533 g/mol. The van der Waals surface area contributed by atoms with Crippen molar-refractivity contribution in [2.24, 2.45) is 5.92 Å². The van der Waals surface area contributed by atoms with Crippen LogP contribution in [0.25, 0.3) is 62.9 Å². The molecule has 0 nitrogen and oxygen atoms in total. The van der Waals surface area contributed by atoms with Crippen LogP contribution in [0.2, 0.25) is 0 Å². The molecule has 0 N–H and O–H groups in total. The van der Waals surface area contributed by atoms with Crippen LogP contribution in [0, 0.1) is 12.8 Å². The summed E-state index contributed by atoms with van der Waals surface area (Å²) < 4.78 is 0. The smallest absolute Gasteiger partial charge is 0.00204 e. The second-order valence-electron chi connectivity index (χ2n) is 10.3. The van der Waals surface area contributed by atoms with Gasteiger partial charge < -0.3 is 0 Å². The molecule has 0 heteroatoms. The Morgan fingerprint density at radius 3 is 1.83 bits per heavy atom. The zero-order valence-electron chi connectivity index (χ0n) is 24.7. The fourth-order valence-corrected chi connectivity index (χ4v) is 5.79. The number of benzene rings is 4. The third kappa shape index (κ3) is 5.52. The van der Waals surface area contributed by atoms with Gasteiger partial charge >= 0.3 is 0 Å². The molecule has 0 amide bonds. The lowest BCUT2D eigenvalue weighted by molar-refractivity contribution is 0.718. The van der Waals surface area contributed by atoms with Crippen molar-refractivity contribution in [3.8, 4) is 22.3 Å². The third-order valence-corrected chi connectivity index (χ3v) is 8.06. The topological polar surface area (TPSA) is 0 Å². The van der Waals surface area contributed by atoms with Gasteiger partial charge in [-0.3, -0.25) is 0 Å². The molecule has 0 spiro atoms. The Balaban J connectivity index is 2.03. The molecule has 4 aromatic rings. The highest BCUT2D eigenvalue weighted by Gasteiger charge is 2.21. The van der Waals surface area contributed by atoms with Crippen LogP contribution in [0.1, 0.15) is 53.6 Å². The van der Waals surface area contributed by atoms with Crippen LogP contribution in [-0.2, 0) is 0 Å². The number of fused-ring (bicyclic) bond motifs is 1. The van der Waals surface area contributed by atoms with E-state index in [1.54, 1.807) is 0 Å². The predicted octanol–water partition coefficient (Wildman–Crippen LogP) is 12.2. The molecule has 0 fully saturated rings. The van der Waals surface area contributed by atoms with E-state index in [9.17, 15) is 0 Å². The maximum Gasteiger partial charge on any atom is -0.00204 e. The number of hydrogen-bond donors (Lipinski definition) is 0. The molecule has 0 unspecified atom stereocenters. The van der Waals surface area contributed by atoms with Gasteiger partial charge in [0.2, 0.25) is 0 Å². The molecular weight excluding hydrogens is 492 g/mol. The maximum absolute atomic E-state index is 4.27. The van der Waals surface area contributed by atoms with Crippen molar-refractivity contribution in [3.05, 3.63) is 151 Å². The van der Waals surface area contributed by atoms with Crippen molar-refractivity contribution < 1.29 is 0 Å². The summed E-state index contributed by atoms with van der Waals surface area (Å²) in [7, 11) is 0. The van der Waals surface area contributed by atoms with Crippen molar-refractivity contribution in [3.63, 3.8) is 0 Å². The Morgan fingerprint density at radius 1 is 0.683 bits per heavy atom. The molecule has 0 aromatic heterocycles. The highest BCUT2D eigenvalue weighted by molar-refractivity contribution is 6.12. The minimum Gasteiger partial charge on any atom is -0.0991 e. The lowest BCUT2D eigenvalue weighted by atomic mass is 9.81. The van der Waals surface area contributed by atoms with Crippen molar-refractivity contribution in [1.29, 1.82) is 0 Å². The summed E-state index contributed by atoms with van der Waals surface area (Å²) in [6.07, 6.45) is 16.9. The van der Waals surface area contributed by atoms with Crippen molar-refractivity contribution >= 4 is 40.6 Å². The van der Waals surface area contributed by atoms with Gasteiger partial charge in [0.05, 0.1) is 0 Å². The van der Waals surface area contributed by atoms with Crippen LogP contribution in [0.5, 0.6) is 0 Å². The minimum atomic E-state index is 0.445. The van der Waals surface area contributed by atoms with Gasteiger partial charge in [-0.25, -0.2) is 0 Å². The fraction of sp³-hybridized carbons (Fsp3) is 0.122. The Kier molecular flexibility index (Phi) is 9.37. The fourth-order valence-electron chi connectivity index (χ4n) is 5.79. The second-order valence-corrected chi connectivity index (χ2v) is 10.3. The van der Waals surface area contributed by atoms with E-state index in [4.69, 9.17) is 0 Å². The molecule has 4 aromatic carbocycles. The molecule has 0 aliphatic heterocycles. The summed E-state index contributed by atoms with van der Waals surface area (Å²) in [5.41, 5.74) is 12.6. The van der Waals surface area contributed by atoms with Gasteiger partial charge in [-0.2, -0.15) is 0 Å². The molecule has 0 heterocycles. The van der Waals surface area contributed by atoms with E-state index in [-0.39, 0.29) is 0 Å². The molecule has 0 bridgehead atoms. The maximum atomic E-state index is 4.27. The first kappa shape index (κ1) is 29.3. The van der Waals surface area contributed by atoms with Gasteiger partial charge in [0, 0.05) is 0 Å². The number of hydrogen-bond acceptors (Lipinski definition) is 0. The summed E-state index contributed by atoms with van der Waals surface area (Å²) >= 11 is 0. The molecule has 4 rings (SSSR count). The van der Waals surface area contributed by atoms with Crippen LogP contribution >= 0.6 is 0 Å². The van der Waals surface area contributed by atoms with Crippen LogP contribution in [-0.4, -0.2) is 0 Å². The van der Waals surface area contributed by atoms with E-state index in [2.05, 4.69) is 126 Å².